The molecule has 4 nitrogen and oxygen atoms in total. The maximum Gasteiger partial charge on any atom is 0.263 e. The minimum atomic E-state index is -2.49. The summed E-state index contributed by atoms with van der Waals surface area (Å²) in [6, 6.07) is 6.60. The van der Waals surface area contributed by atoms with Crippen LogP contribution in [-0.2, 0) is 21.5 Å². The average Bonchev–Trinajstić information content (AvgIpc) is 3.44. The van der Waals surface area contributed by atoms with Crippen LogP contribution in [0.1, 0.15) is 123 Å². The third-order valence-corrected chi connectivity index (χ3v) is 8.68. The molecule has 1 aromatic carbocycles. The lowest BCUT2D eigenvalue weighted by molar-refractivity contribution is -0.0581. The number of benzene rings is 1. The molecule has 0 amide bonds. The maximum atomic E-state index is 13.3. The van der Waals surface area contributed by atoms with Crippen LogP contribution in [0.2, 0.25) is 0 Å². The molecule has 0 bridgehead atoms. The molecule has 2 fully saturated rings. The van der Waals surface area contributed by atoms with E-state index in [0.717, 1.165) is 73.0 Å². The number of alkyl halides is 2. The third-order valence-electron chi connectivity index (χ3n) is 8.68. The SMILES string of the molecule is CC1(C)Cc2nc(C3CCOCC3)c3c(c2C(O)C1)C1(CCCC1)OC3c1ccc(C(F)F)cc1. The van der Waals surface area contributed by atoms with Crippen LogP contribution >= 0.6 is 0 Å². The van der Waals surface area contributed by atoms with E-state index >= 15 is 0 Å². The number of halogens is 2. The first-order valence-electron chi connectivity index (χ1n) is 13.2. The molecule has 6 rings (SSSR count). The van der Waals surface area contributed by atoms with E-state index in [0.29, 0.717) is 19.6 Å². The number of aliphatic hydroxyl groups is 1. The van der Waals surface area contributed by atoms with Crippen molar-refractivity contribution in [1.29, 1.82) is 0 Å². The Morgan fingerprint density at radius 2 is 1.71 bits per heavy atom. The molecule has 2 aromatic rings. The van der Waals surface area contributed by atoms with Crippen LogP contribution in [0.4, 0.5) is 8.78 Å². The second kappa shape index (κ2) is 8.60. The lowest BCUT2D eigenvalue weighted by Crippen LogP contribution is -2.32. The van der Waals surface area contributed by atoms with Crippen LogP contribution in [0.15, 0.2) is 24.3 Å². The zero-order chi connectivity index (χ0) is 24.4. The van der Waals surface area contributed by atoms with Gasteiger partial charge in [0.1, 0.15) is 6.10 Å². The van der Waals surface area contributed by atoms with Crippen LogP contribution in [0.5, 0.6) is 0 Å². The molecule has 0 radical (unpaired) electrons. The molecule has 2 aliphatic carbocycles. The van der Waals surface area contributed by atoms with E-state index in [2.05, 4.69) is 13.8 Å². The number of aliphatic hydroxyl groups excluding tert-OH is 1. The Bertz CT molecular complexity index is 1100. The molecule has 1 saturated carbocycles. The van der Waals surface area contributed by atoms with Crippen molar-refractivity contribution < 1.29 is 23.4 Å². The van der Waals surface area contributed by atoms with Gasteiger partial charge in [-0.05, 0) is 55.1 Å². The van der Waals surface area contributed by atoms with E-state index in [-0.39, 0.29) is 23.0 Å². The highest BCUT2D eigenvalue weighted by Gasteiger charge is 2.53. The summed E-state index contributed by atoms with van der Waals surface area (Å²) in [6.45, 7) is 5.84. The fraction of sp³-hybridized carbons (Fsp3) is 0.621. The molecule has 188 valence electrons. The Labute approximate surface area is 206 Å². The third kappa shape index (κ3) is 3.93. The van der Waals surface area contributed by atoms with Crippen LogP contribution in [0.25, 0.3) is 0 Å². The van der Waals surface area contributed by atoms with Gasteiger partial charge in [-0.15, -0.1) is 0 Å². The molecule has 1 N–H and O–H groups in total. The second-order valence-corrected chi connectivity index (χ2v) is 11.8. The molecule has 4 aliphatic rings. The molecule has 35 heavy (non-hydrogen) atoms. The van der Waals surface area contributed by atoms with Crippen molar-refractivity contribution in [3.8, 4) is 0 Å². The number of rotatable bonds is 3. The number of hydrogen-bond acceptors (Lipinski definition) is 4. The van der Waals surface area contributed by atoms with Crippen molar-refractivity contribution in [1.82, 2.24) is 4.98 Å². The van der Waals surface area contributed by atoms with Crippen LogP contribution in [-0.4, -0.2) is 23.3 Å². The largest absolute Gasteiger partial charge is 0.388 e. The zero-order valence-corrected chi connectivity index (χ0v) is 20.7. The topological polar surface area (TPSA) is 51.6 Å². The van der Waals surface area contributed by atoms with Crippen LogP contribution in [0.3, 0.4) is 0 Å². The van der Waals surface area contributed by atoms with Crippen LogP contribution < -0.4 is 0 Å². The molecule has 2 atom stereocenters. The highest BCUT2D eigenvalue weighted by atomic mass is 19.3. The van der Waals surface area contributed by atoms with Gasteiger partial charge in [0.2, 0.25) is 0 Å². The first kappa shape index (κ1) is 23.5. The van der Waals surface area contributed by atoms with Crippen molar-refractivity contribution in [2.75, 3.05) is 13.2 Å². The maximum absolute atomic E-state index is 13.3. The average molecular weight is 484 g/mol. The van der Waals surface area contributed by atoms with Crippen molar-refractivity contribution in [2.24, 2.45) is 5.41 Å². The number of fused-ring (bicyclic) bond motifs is 4. The van der Waals surface area contributed by atoms with Gasteiger partial charge in [0, 0.05) is 41.5 Å². The van der Waals surface area contributed by atoms with Crippen molar-refractivity contribution >= 4 is 0 Å². The lowest BCUT2D eigenvalue weighted by Gasteiger charge is -2.38. The Morgan fingerprint density at radius 3 is 2.37 bits per heavy atom. The van der Waals surface area contributed by atoms with Crippen molar-refractivity contribution in [3.05, 3.63) is 63.5 Å². The molecule has 1 saturated heterocycles. The summed E-state index contributed by atoms with van der Waals surface area (Å²) in [5.41, 5.74) is 5.83. The van der Waals surface area contributed by atoms with Gasteiger partial charge in [0.25, 0.3) is 6.43 Å². The minimum absolute atomic E-state index is 0.0204. The lowest BCUT2D eigenvalue weighted by atomic mass is 9.70. The highest BCUT2D eigenvalue weighted by Crippen LogP contribution is 2.59. The summed E-state index contributed by atoms with van der Waals surface area (Å²) in [6.07, 6.45) is 3.96. The van der Waals surface area contributed by atoms with Gasteiger partial charge in [0.15, 0.2) is 0 Å². The monoisotopic (exact) mass is 483 g/mol. The number of ether oxygens (including phenoxy) is 2. The summed E-state index contributed by atoms with van der Waals surface area (Å²) < 4.78 is 39.2. The molecule has 2 unspecified atom stereocenters. The summed E-state index contributed by atoms with van der Waals surface area (Å²) >= 11 is 0. The second-order valence-electron chi connectivity index (χ2n) is 11.8. The van der Waals surface area contributed by atoms with Crippen molar-refractivity contribution in [3.63, 3.8) is 0 Å². The molecular formula is C29H35F2NO3. The first-order valence-corrected chi connectivity index (χ1v) is 13.2. The summed E-state index contributed by atoms with van der Waals surface area (Å²) in [5, 5.41) is 11.5. The van der Waals surface area contributed by atoms with E-state index in [4.69, 9.17) is 14.5 Å². The van der Waals surface area contributed by atoms with Gasteiger partial charge in [-0.3, -0.25) is 4.98 Å². The van der Waals surface area contributed by atoms with E-state index in [1.807, 2.05) is 0 Å². The normalized spacial score (nSPS) is 27.4. The Balaban J connectivity index is 1.58. The molecule has 2 aliphatic heterocycles. The summed E-state index contributed by atoms with van der Waals surface area (Å²) in [5.74, 6) is 0.271. The summed E-state index contributed by atoms with van der Waals surface area (Å²) in [4.78, 5) is 5.32. The molecule has 1 spiro atoms. The Kier molecular flexibility index (Phi) is 5.78. The smallest absolute Gasteiger partial charge is 0.263 e. The minimum Gasteiger partial charge on any atom is -0.388 e. The molecule has 3 heterocycles. The number of nitrogens with zero attached hydrogens (tertiary/aromatic N) is 1. The number of hydrogen-bond donors (Lipinski definition) is 1. The van der Waals surface area contributed by atoms with Gasteiger partial charge in [-0.25, -0.2) is 8.78 Å². The fourth-order valence-corrected chi connectivity index (χ4v) is 7.07. The van der Waals surface area contributed by atoms with Gasteiger partial charge < -0.3 is 14.6 Å². The van der Waals surface area contributed by atoms with Gasteiger partial charge in [-0.2, -0.15) is 0 Å². The van der Waals surface area contributed by atoms with Crippen LogP contribution in [0, 0.1) is 5.41 Å². The van der Waals surface area contributed by atoms with E-state index in [9.17, 15) is 13.9 Å². The molecule has 6 heteroatoms. The zero-order valence-electron chi connectivity index (χ0n) is 20.7. The predicted molar refractivity (Wildman–Crippen MR) is 129 cm³/mol. The van der Waals surface area contributed by atoms with Gasteiger partial charge in [-0.1, -0.05) is 51.0 Å². The quantitative estimate of drug-likeness (QED) is 0.521. The number of pyridine rings is 1. The van der Waals surface area contributed by atoms with E-state index < -0.39 is 18.1 Å². The van der Waals surface area contributed by atoms with E-state index in [1.54, 1.807) is 12.1 Å². The Morgan fingerprint density at radius 1 is 1.03 bits per heavy atom. The molecular weight excluding hydrogens is 448 g/mol. The van der Waals surface area contributed by atoms with Gasteiger partial charge >= 0.3 is 0 Å². The highest BCUT2D eigenvalue weighted by molar-refractivity contribution is 5.54. The summed E-state index contributed by atoms with van der Waals surface area (Å²) in [7, 11) is 0. The Hall–Kier alpha value is -1.89. The van der Waals surface area contributed by atoms with Gasteiger partial charge in [0.05, 0.1) is 17.4 Å². The fourth-order valence-electron chi connectivity index (χ4n) is 7.07. The number of aromatic nitrogens is 1. The predicted octanol–water partition coefficient (Wildman–Crippen LogP) is 6.81. The van der Waals surface area contributed by atoms with Crippen molar-refractivity contribution in [2.45, 2.75) is 95.4 Å². The standard InChI is InChI=1S/C29H35F2NO3/c1-28(2)15-20-22(21(33)16-28)24-23(25(32-20)17-9-13-34-14-10-17)26(35-29(24)11-3-4-12-29)18-5-7-19(8-6-18)27(30)31/h5-8,17,21,26-27,33H,3-4,9-16H2,1-2H3. The first-order chi connectivity index (χ1) is 16.8. The van der Waals surface area contributed by atoms with E-state index in [1.165, 1.54) is 17.7 Å². The molecule has 1 aromatic heterocycles.